The van der Waals surface area contributed by atoms with Crippen LogP contribution in [-0.4, -0.2) is 15.9 Å². The van der Waals surface area contributed by atoms with E-state index < -0.39 is 0 Å². The summed E-state index contributed by atoms with van der Waals surface area (Å²) in [6.07, 6.45) is 3.43. The van der Waals surface area contributed by atoms with E-state index in [0.717, 1.165) is 16.1 Å². The first-order valence-corrected chi connectivity index (χ1v) is 7.80. The molecule has 0 saturated carbocycles. The fourth-order valence-electron chi connectivity index (χ4n) is 1.98. The highest BCUT2D eigenvalue weighted by Gasteiger charge is 2.11. The highest BCUT2D eigenvalue weighted by molar-refractivity contribution is 7.13. The normalized spacial score (nSPS) is 10.4. The van der Waals surface area contributed by atoms with Gasteiger partial charge in [0.05, 0.1) is 0 Å². The lowest BCUT2D eigenvalue weighted by Gasteiger charge is -2.03. The molecular weight excluding hydrogens is 294 g/mol. The van der Waals surface area contributed by atoms with Crippen LogP contribution in [0.2, 0.25) is 0 Å². The van der Waals surface area contributed by atoms with E-state index >= 15 is 0 Å². The fraction of sp³-hybridized carbons (Fsp3) is 0.118. The summed E-state index contributed by atoms with van der Waals surface area (Å²) in [7, 11) is 0. The summed E-state index contributed by atoms with van der Waals surface area (Å²) < 4.78 is 0. The van der Waals surface area contributed by atoms with Crippen molar-refractivity contribution in [3.8, 4) is 10.6 Å². The minimum absolute atomic E-state index is 0.155. The lowest BCUT2D eigenvalue weighted by molar-refractivity contribution is 0.0946. The topological polar surface area (TPSA) is 54.9 Å². The Labute approximate surface area is 132 Å². The Morgan fingerprint density at radius 3 is 2.59 bits per heavy atom. The molecule has 4 nitrogen and oxygen atoms in total. The van der Waals surface area contributed by atoms with Crippen molar-refractivity contribution in [2.24, 2.45) is 0 Å². The Hall–Kier alpha value is -2.53. The second-order valence-corrected chi connectivity index (χ2v) is 5.80. The largest absolute Gasteiger partial charge is 0.347 e. The summed E-state index contributed by atoms with van der Waals surface area (Å²) in [6, 6.07) is 11.9. The molecule has 0 spiro atoms. The summed E-state index contributed by atoms with van der Waals surface area (Å²) in [5, 5.41) is 5.49. The maximum Gasteiger partial charge on any atom is 0.271 e. The van der Waals surface area contributed by atoms with Gasteiger partial charge in [-0.1, -0.05) is 29.8 Å². The molecule has 0 bridgehead atoms. The Morgan fingerprint density at radius 2 is 1.86 bits per heavy atom. The van der Waals surface area contributed by atoms with Crippen LogP contribution in [0.1, 0.15) is 21.6 Å². The van der Waals surface area contributed by atoms with Crippen LogP contribution in [0.5, 0.6) is 0 Å². The van der Waals surface area contributed by atoms with Crippen molar-refractivity contribution in [1.29, 1.82) is 0 Å². The van der Waals surface area contributed by atoms with E-state index in [1.807, 2.05) is 43.3 Å². The molecule has 0 aliphatic heterocycles. The minimum Gasteiger partial charge on any atom is -0.347 e. The van der Waals surface area contributed by atoms with Gasteiger partial charge < -0.3 is 5.32 Å². The van der Waals surface area contributed by atoms with Crippen LogP contribution in [0.3, 0.4) is 0 Å². The Morgan fingerprint density at radius 1 is 1.14 bits per heavy atom. The number of aryl methyl sites for hydroxylation is 1. The molecule has 0 fully saturated rings. The molecule has 1 amide bonds. The van der Waals surface area contributed by atoms with Crippen molar-refractivity contribution in [2.75, 3.05) is 0 Å². The van der Waals surface area contributed by atoms with Crippen molar-refractivity contribution in [3.63, 3.8) is 0 Å². The lowest BCUT2D eigenvalue weighted by Crippen LogP contribution is -2.23. The molecule has 0 aliphatic carbocycles. The highest BCUT2D eigenvalue weighted by Crippen LogP contribution is 2.22. The lowest BCUT2D eigenvalue weighted by atomic mass is 10.1. The first-order chi connectivity index (χ1) is 10.7. The van der Waals surface area contributed by atoms with Gasteiger partial charge in [-0.2, -0.15) is 0 Å². The van der Waals surface area contributed by atoms with Crippen molar-refractivity contribution in [1.82, 2.24) is 15.3 Å². The van der Waals surface area contributed by atoms with Gasteiger partial charge in [-0.15, -0.1) is 11.3 Å². The second kappa shape index (κ2) is 6.49. The van der Waals surface area contributed by atoms with Gasteiger partial charge >= 0.3 is 0 Å². The number of hydrogen-bond acceptors (Lipinski definition) is 4. The summed E-state index contributed by atoms with van der Waals surface area (Å²) in [6.45, 7) is 2.54. The summed E-state index contributed by atoms with van der Waals surface area (Å²) in [5.74, 6) is -0.155. The van der Waals surface area contributed by atoms with Gasteiger partial charge in [0.15, 0.2) is 0 Å². The van der Waals surface area contributed by atoms with Crippen LogP contribution in [0.15, 0.2) is 54.2 Å². The molecule has 0 radical (unpaired) electrons. The third-order valence-corrected chi connectivity index (χ3v) is 4.13. The standard InChI is InChI=1S/C17H15N3OS/c1-12-2-4-13(5-3-12)10-19-16(21)15-11-22-17(20-15)14-6-8-18-9-7-14/h2-9,11H,10H2,1H3,(H,19,21). The van der Waals surface area contributed by atoms with Crippen LogP contribution in [0.4, 0.5) is 0 Å². The third-order valence-electron chi connectivity index (χ3n) is 3.24. The number of benzene rings is 1. The highest BCUT2D eigenvalue weighted by atomic mass is 32.1. The maximum absolute atomic E-state index is 12.2. The predicted molar refractivity (Wildman–Crippen MR) is 87.7 cm³/mol. The second-order valence-electron chi connectivity index (χ2n) is 4.94. The Balaban J connectivity index is 1.66. The number of amides is 1. The average molecular weight is 309 g/mol. The number of carbonyl (C=O) groups excluding carboxylic acids is 1. The molecule has 2 heterocycles. The molecule has 0 unspecified atom stereocenters. The maximum atomic E-state index is 12.2. The van der Waals surface area contributed by atoms with E-state index in [1.54, 1.807) is 17.8 Å². The van der Waals surface area contributed by atoms with E-state index in [4.69, 9.17) is 0 Å². The quantitative estimate of drug-likeness (QED) is 0.803. The Kier molecular flexibility index (Phi) is 4.25. The van der Waals surface area contributed by atoms with Crippen molar-refractivity contribution >= 4 is 17.2 Å². The van der Waals surface area contributed by atoms with E-state index in [-0.39, 0.29) is 5.91 Å². The van der Waals surface area contributed by atoms with Gasteiger partial charge in [-0.3, -0.25) is 9.78 Å². The van der Waals surface area contributed by atoms with Crippen molar-refractivity contribution in [2.45, 2.75) is 13.5 Å². The number of nitrogens with one attached hydrogen (secondary N) is 1. The van der Waals surface area contributed by atoms with E-state index in [9.17, 15) is 4.79 Å². The molecule has 22 heavy (non-hydrogen) atoms. The zero-order valence-corrected chi connectivity index (χ0v) is 12.9. The van der Waals surface area contributed by atoms with Crippen molar-refractivity contribution < 1.29 is 4.79 Å². The molecule has 0 atom stereocenters. The fourth-order valence-corrected chi connectivity index (χ4v) is 2.79. The number of nitrogens with zero attached hydrogens (tertiary/aromatic N) is 2. The molecule has 2 aromatic heterocycles. The first-order valence-electron chi connectivity index (χ1n) is 6.92. The molecule has 3 aromatic rings. The number of rotatable bonds is 4. The van der Waals surface area contributed by atoms with Crippen LogP contribution < -0.4 is 5.32 Å². The summed E-state index contributed by atoms with van der Waals surface area (Å²) >= 11 is 1.45. The third kappa shape index (κ3) is 3.38. The van der Waals surface area contributed by atoms with Gasteiger partial charge in [0, 0.05) is 29.9 Å². The van der Waals surface area contributed by atoms with Crippen molar-refractivity contribution in [3.05, 3.63) is 71.0 Å². The number of hydrogen-bond donors (Lipinski definition) is 1. The van der Waals surface area contributed by atoms with Gasteiger partial charge in [0.1, 0.15) is 10.7 Å². The molecule has 3 rings (SSSR count). The summed E-state index contributed by atoms with van der Waals surface area (Å²) in [4.78, 5) is 20.5. The first kappa shape index (κ1) is 14.4. The number of carbonyl (C=O) groups is 1. The predicted octanol–water partition coefficient (Wildman–Crippen LogP) is 3.44. The smallest absolute Gasteiger partial charge is 0.271 e. The number of aromatic nitrogens is 2. The zero-order valence-electron chi connectivity index (χ0n) is 12.1. The monoisotopic (exact) mass is 309 g/mol. The molecule has 1 N–H and O–H groups in total. The number of pyridine rings is 1. The zero-order chi connectivity index (χ0) is 15.4. The molecule has 0 saturated heterocycles. The molecule has 0 aliphatic rings. The number of thiazole rings is 1. The van der Waals surface area contributed by atoms with E-state index in [1.165, 1.54) is 16.9 Å². The minimum atomic E-state index is -0.155. The Bertz CT molecular complexity index is 766. The van der Waals surface area contributed by atoms with Crippen LogP contribution >= 0.6 is 11.3 Å². The molecule has 110 valence electrons. The van der Waals surface area contributed by atoms with E-state index in [0.29, 0.717) is 12.2 Å². The molecule has 1 aromatic carbocycles. The van der Waals surface area contributed by atoms with Gasteiger partial charge in [-0.25, -0.2) is 4.98 Å². The molecule has 5 heteroatoms. The van der Waals surface area contributed by atoms with E-state index in [2.05, 4.69) is 15.3 Å². The van der Waals surface area contributed by atoms with Crippen LogP contribution in [-0.2, 0) is 6.54 Å². The van der Waals surface area contributed by atoms with Gasteiger partial charge in [0.25, 0.3) is 5.91 Å². The summed E-state index contributed by atoms with van der Waals surface area (Å²) in [5.41, 5.74) is 3.70. The van der Waals surface area contributed by atoms with Crippen LogP contribution in [0.25, 0.3) is 10.6 Å². The average Bonchev–Trinajstić information content (AvgIpc) is 3.05. The van der Waals surface area contributed by atoms with Gasteiger partial charge in [0.2, 0.25) is 0 Å². The molecular formula is C17H15N3OS. The van der Waals surface area contributed by atoms with Gasteiger partial charge in [-0.05, 0) is 24.6 Å². The SMILES string of the molecule is Cc1ccc(CNC(=O)c2csc(-c3ccncc3)n2)cc1. The van der Waals surface area contributed by atoms with Crippen LogP contribution in [0, 0.1) is 6.92 Å².